The first-order valence-electron chi connectivity index (χ1n) is 4.60. The van der Waals surface area contributed by atoms with Crippen LogP contribution >= 0.6 is 0 Å². The van der Waals surface area contributed by atoms with Crippen molar-refractivity contribution < 1.29 is 23.4 Å². The minimum absolute atomic E-state index is 0.0567. The summed E-state index contributed by atoms with van der Waals surface area (Å²) in [6.07, 6.45) is 0. The molecule has 0 atom stereocenters. The molecule has 0 amide bonds. The molecule has 2 aromatic rings. The molecule has 88 valence electrons. The highest BCUT2D eigenvalue weighted by molar-refractivity contribution is 5.94. The lowest BCUT2D eigenvalue weighted by molar-refractivity contribution is 0.0690. The summed E-state index contributed by atoms with van der Waals surface area (Å²) < 4.78 is 30.9. The average molecular weight is 239 g/mol. The number of benzene rings is 1. The topological polar surface area (TPSA) is 59.4 Å². The molecule has 0 unspecified atom stereocenters. The molecule has 0 bridgehead atoms. The van der Waals surface area contributed by atoms with Crippen molar-refractivity contribution in [2.45, 2.75) is 0 Å². The Morgan fingerprint density at radius 1 is 1.29 bits per heavy atom. The van der Waals surface area contributed by atoms with Gasteiger partial charge in [-0.1, -0.05) is 0 Å². The van der Waals surface area contributed by atoms with Gasteiger partial charge in [-0.2, -0.15) is 0 Å². The predicted octanol–water partition coefficient (Wildman–Crippen LogP) is 2.22. The highest BCUT2D eigenvalue weighted by Gasteiger charge is 2.14. The average Bonchev–Trinajstić information content (AvgIpc) is 2.29. The van der Waals surface area contributed by atoms with E-state index in [1.165, 1.54) is 7.11 Å². The molecule has 17 heavy (non-hydrogen) atoms. The molecule has 0 saturated heterocycles. The van der Waals surface area contributed by atoms with Gasteiger partial charge in [-0.05, 0) is 23.6 Å². The van der Waals surface area contributed by atoms with Crippen molar-refractivity contribution in [2.75, 3.05) is 7.11 Å². The number of pyridine rings is 1. The third-order valence-corrected chi connectivity index (χ3v) is 2.25. The predicted molar refractivity (Wildman–Crippen MR) is 55.2 cm³/mol. The van der Waals surface area contributed by atoms with Crippen LogP contribution in [-0.4, -0.2) is 23.2 Å². The monoisotopic (exact) mass is 239 g/mol. The third-order valence-electron chi connectivity index (χ3n) is 2.25. The first-order valence-corrected chi connectivity index (χ1v) is 4.60. The summed E-state index contributed by atoms with van der Waals surface area (Å²) in [6, 6.07) is 2.98. The van der Waals surface area contributed by atoms with Gasteiger partial charge < -0.3 is 9.84 Å². The minimum atomic E-state index is -1.27. The molecular weight excluding hydrogens is 232 g/mol. The van der Waals surface area contributed by atoms with Crippen LogP contribution in [0, 0.1) is 11.6 Å². The van der Waals surface area contributed by atoms with E-state index in [0.717, 1.165) is 18.2 Å². The molecule has 0 aliphatic rings. The number of aromatic nitrogens is 1. The van der Waals surface area contributed by atoms with E-state index in [4.69, 9.17) is 9.84 Å². The van der Waals surface area contributed by atoms with E-state index in [2.05, 4.69) is 4.98 Å². The van der Waals surface area contributed by atoms with E-state index in [0.29, 0.717) is 0 Å². The van der Waals surface area contributed by atoms with Crippen molar-refractivity contribution >= 4 is 16.7 Å². The number of rotatable bonds is 2. The second-order valence-electron chi connectivity index (χ2n) is 3.31. The number of ether oxygens (including phenoxy) is 1. The molecule has 1 N–H and O–H groups in total. The molecule has 0 radical (unpaired) electrons. The lowest BCUT2D eigenvalue weighted by atomic mass is 10.1. The summed E-state index contributed by atoms with van der Waals surface area (Å²) in [5, 5.41) is 9.24. The van der Waals surface area contributed by atoms with Gasteiger partial charge in [0.1, 0.15) is 0 Å². The van der Waals surface area contributed by atoms with Gasteiger partial charge in [0, 0.05) is 5.39 Å². The fourth-order valence-electron chi connectivity index (χ4n) is 1.48. The number of halogens is 2. The molecule has 0 aliphatic heterocycles. The molecule has 2 rings (SSSR count). The summed E-state index contributed by atoms with van der Waals surface area (Å²) in [7, 11) is 1.27. The number of hydrogen-bond acceptors (Lipinski definition) is 3. The van der Waals surface area contributed by atoms with Crippen molar-refractivity contribution in [1.29, 1.82) is 0 Å². The smallest absolute Gasteiger partial charge is 0.354 e. The first-order chi connectivity index (χ1) is 8.02. The fourth-order valence-corrected chi connectivity index (χ4v) is 1.48. The summed E-state index contributed by atoms with van der Waals surface area (Å²) in [5.41, 5.74) is -0.291. The lowest BCUT2D eigenvalue weighted by Crippen LogP contribution is -2.02. The number of fused-ring (bicyclic) bond motifs is 1. The van der Waals surface area contributed by atoms with Crippen LogP contribution in [0.15, 0.2) is 18.2 Å². The number of aromatic carboxylic acids is 1. The van der Waals surface area contributed by atoms with Crippen molar-refractivity contribution in [3.63, 3.8) is 0 Å². The summed E-state index contributed by atoms with van der Waals surface area (Å²) in [6.45, 7) is 0. The van der Waals surface area contributed by atoms with Gasteiger partial charge in [0.25, 0.3) is 0 Å². The zero-order valence-corrected chi connectivity index (χ0v) is 8.70. The highest BCUT2D eigenvalue weighted by atomic mass is 19.2. The van der Waals surface area contributed by atoms with Crippen LogP contribution in [0.2, 0.25) is 0 Å². The quantitative estimate of drug-likeness (QED) is 0.872. The Kier molecular flexibility index (Phi) is 2.63. The SMILES string of the molecule is COc1nc(C(=O)O)cc2cc(F)c(F)cc12. The second-order valence-corrected chi connectivity index (χ2v) is 3.31. The highest BCUT2D eigenvalue weighted by Crippen LogP contribution is 2.26. The van der Waals surface area contributed by atoms with Crippen molar-refractivity contribution in [1.82, 2.24) is 4.98 Å². The van der Waals surface area contributed by atoms with Crippen LogP contribution in [0.5, 0.6) is 5.88 Å². The largest absolute Gasteiger partial charge is 0.481 e. The molecule has 0 saturated carbocycles. The normalized spacial score (nSPS) is 10.5. The molecule has 6 heteroatoms. The molecule has 0 spiro atoms. The maximum atomic E-state index is 13.0. The van der Waals surface area contributed by atoms with Gasteiger partial charge in [-0.25, -0.2) is 18.6 Å². The van der Waals surface area contributed by atoms with Gasteiger partial charge in [-0.3, -0.25) is 0 Å². The zero-order chi connectivity index (χ0) is 12.6. The van der Waals surface area contributed by atoms with E-state index in [9.17, 15) is 13.6 Å². The Bertz CT molecular complexity index is 613. The van der Waals surface area contributed by atoms with Gasteiger partial charge in [0.05, 0.1) is 7.11 Å². The van der Waals surface area contributed by atoms with Crippen LogP contribution in [0.3, 0.4) is 0 Å². The number of carboxylic acids is 1. The number of nitrogens with zero attached hydrogens (tertiary/aromatic N) is 1. The van der Waals surface area contributed by atoms with Gasteiger partial charge in [-0.15, -0.1) is 0 Å². The van der Waals surface area contributed by atoms with Crippen LogP contribution in [0.4, 0.5) is 8.78 Å². The fraction of sp³-hybridized carbons (Fsp3) is 0.0909. The standard InChI is InChI=1S/C11H7F2NO3/c1-17-10-6-4-8(13)7(12)2-5(6)3-9(14-10)11(15)16/h2-4H,1H3,(H,15,16). The molecule has 1 aromatic carbocycles. The van der Waals surface area contributed by atoms with Gasteiger partial charge in [0.15, 0.2) is 17.3 Å². The molecule has 0 fully saturated rings. The maximum absolute atomic E-state index is 13.0. The lowest BCUT2D eigenvalue weighted by Gasteiger charge is -2.06. The molecule has 4 nitrogen and oxygen atoms in total. The Hall–Kier alpha value is -2.24. The molecule has 1 heterocycles. The zero-order valence-electron chi connectivity index (χ0n) is 8.70. The third kappa shape index (κ3) is 1.89. The van der Waals surface area contributed by atoms with E-state index in [1.54, 1.807) is 0 Å². The summed E-state index contributed by atoms with van der Waals surface area (Å²) in [4.78, 5) is 14.5. The van der Waals surface area contributed by atoms with Crippen LogP contribution < -0.4 is 4.74 Å². The van der Waals surface area contributed by atoms with Crippen LogP contribution in [0.1, 0.15) is 10.5 Å². The van der Waals surface area contributed by atoms with Gasteiger partial charge >= 0.3 is 5.97 Å². The molecular formula is C11H7F2NO3. The van der Waals surface area contributed by atoms with Crippen LogP contribution in [0.25, 0.3) is 10.8 Å². The number of methoxy groups -OCH3 is 1. The van der Waals surface area contributed by atoms with Crippen molar-refractivity contribution in [2.24, 2.45) is 0 Å². The van der Waals surface area contributed by atoms with E-state index < -0.39 is 17.6 Å². The molecule has 0 aliphatic carbocycles. The maximum Gasteiger partial charge on any atom is 0.354 e. The first kappa shape index (κ1) is 11.3. The Balaban J connectivity index is 2.82. The van der Waals surface area contributed by atoms with E-state index in [-0.39, 0.29) is 22.3 Å². The Morgan fingerprint density at radius 2 is 1.94 bits per heavy atom. The number of carboxylic acid groups (broad SMARTS) is 1. The Labute approximate surface area is 94.5 Å². The number of hydrogen-bond donors (Lipinski definition) is 1. The van der Waals surface area contributed by atoms with Crippen molar-refractivity contribution in [3.8, 4) is 5.88 Å². The van der Waals surface area contributed by atoms with Gasteiger partial charge in [0.2, 0.25) is 5.88 Å². The van der Waals surface area contributed by atoms with E-state index in [1.807, 2.05) is 0 Å². The Morgan fingerprint density at radius 3 is 2.53 bits per heavy atom. The second kappa shape index (κ2) is 3.97. The summed E-state index contributed by atoms with van der Waals surface area (Å²) in [5.74, 6) is -3.42. The minimum Gasteiger partial charge on any atom is -0.481 e. The van der Waals surface area contributed by atoms with E-state index >= 15 is 0 Å². The molecule has 1 aromatic heterocycles. The summed E-state index contributed by atoms with van der Waals surface area (Å²) >= 11 is 0. The van der Waals surface area contributed by atoms with Crippen LogP contribution in [-0.2, 0) is 0 Å². The number of carbonyl (C=O) groups is 1. The van der Waals surface area contributed by atoms with Crippen molar-refractivity contribution in [3.05, 3.63) is 35.5 Å².